The lowest BCUT2D eigenvalue weighted by molar-refractivity contribution is 0.271. The van der Waals surface area contributed by atoms with E-state index in [1.807, 2.05) is 6.07 Å². The lowest BCUT2D eigenvalue weighted by Gasteiger charge is -2.18. The average Bonchev–Trinajstić information content (AvgIpc) is 1.89. The molecule has 0 amide bonds. The quantitative estimate of drug-likeness (QED) is 0.517. The van der Waals surface area contributed by atoms with Crippen molar-refractivity contribution in [3.05, 3.63) is 0 Å². The lowest BCUT2D eigenvalue weighted by Crippen LogP contribution is -2.22. The molecule has 1 nitrogen and oxygen atoms in total. The number of alkyl halides is 1. The van der Waals surface area contributed by atoms with Crippen LogP contribution in [0.4, 0.5) is 4.39 Å². The van der Waals surface area contributed by atoms with Crippen molar-refractivity contribution in [1.29, 1.82) is 5.26 Å². The zero-order chi connectivity index (χ0) is 6.69. The van der Waals surface area contributed by atoms with Crippen LogP contribution in [0.3, 0.4) is 0 Å². The summed E-state index contributed by atoms with van der Waals surface area (Å²) in [5, 5.41) is 8.36. The Morgan fingerprint density at radius 3 is 2.89 bits per heavy atom. The molecule has 0 aliphatic carbocycles. The highest BCUT2D eigenvalue weighted by atomic mass is 32.2. The second-order valence-corrected chi connectivity index (χ2v) is 3.27. The molecule has 1 aliphatic heterocycles. The topological polar surface area (TPSA) is 23.8 Å². The van der Waals surface area contributed by atoms with Crippen LogP contribution < -0.4 is 0 Å². The van der Waals surface area contributed by atoms with Crippen LogP contribution >= 0.6 is 11.8 Å². The Bertz CT molecular complexity index is 132. The first-order valence-corrected chi connectivity index (χ1v) is 4.11. The Morgan fingerprint density at radius 1 is 1.67 bits per heavy atom. The summed E-state index contributed by atoms with van der Waals surface area (Å²) in [6.07, 6.45) is -0.306. The average molecular weight is 145 g/mol. The lowest BCUT2D eigenvalue weighted by atomic mass is 10.1. The minimum atomic E-state index is -0.865. The molecule has 0 saturated carbocycles. The van der Waals surface area contributed by atoms with Gasteiger partial charge in [0.15, 0.2) is 0 Å². The highest BCUT2D eigenvalue weighted by molar-refractivity contribution is 7.99. The summed E-state index contributed by atoms with van der Waals surface area (Å²) in [4.78, 5) is 0. The van der Waals surface area contributed by atoms with Crippen molar-refractivity contribution in [3.8, 4) is 6.07 Å². The molecule has 1 aliphatic rings. The van der Waals surface area contributed by atoms with Crippen molar-refractivity contribution >= 4 is 11.8 Å². The third kappa shape index (κ3) is 1.59. The number of hydrogen-bond donors (Lipinski definition) is 0. The van der Waals surface area contributed by atoms with Gasteiger partial charge < -0.3 is 0 Å². The fourth-order valence-electron chi connectivity index (χ4n) is 0.830. The van der Waals surface area contributed by atoms with Crippen LogP contribution in [-0.4, -0.2) is 17.7 Å². The highest BCUT2D eigenvalue weighted by Crippen LogP contribution is 2.24. The summed E-state index contributed by atoms with van der Waals surface area (Å²) in [6, 6.07) is 1.96. The molecule has 2 atom stereocenters. The molecule has 0 aromatic rings. The van der Waals surface area contributed by atoms with Crippen LogP contribution in [0.25, 0.3) is 0 Å². The third-order valence-electron chi connectivity index (χ3n) is 1.44. The Balaban J connectivity index is 2.41. The molecule has 9 heavy (non-hydrogen) atoms. The maximum atomic E-state index is 12.6. The molecular formula is C6H8FNS. The van der Waals surface area contributed by atoms with Gasteiger partial charge in [0, 0.05) is 5.75 Å². The molecule has 0 aromatic carbocycles. The molecule has 0 unspecified atom stereocenters. The van der Waals surface area contributed by atoms with E-state index in [0.717, 1.165) is 5.75 Å². The van der Waals surface area contributed by atoms with Gasteiger partial charge in [0.1, 0.15) is 6.17 Å². The maximum Gasteiger partial charge on any atom is 0.117 e. The van der Waals surface area contributed by atoms with Crippen molar-refractivity contribution in [2.45, 2.75) is 12.6 Å². The second kappa shape index (κ2) is 3.07. The Kier molecular flexibility index (Phi) is 2.35. The largest absolute Gasteiger partial charge is 0.246 e. The van der Waals surface area contributed by atoms with E-state index in [9.17, 15) is 4.39 Å². The maximum absolute atomic E-state index is 12.6. The molecule has 0 N–H and O–H groups in total. The van der Waals surface area contributed by atoms with E-state index in [-0.39, 0.29) is 5.92 Å². The van der Waals surface area contributed by atoms with Crippen molar-refractivity contribution in [2.24, 2.45) is 5.92 Å². The molecule has 1 heterocycles. The molecule has 0 aromatic heterocycles. The van der Waals surface area contributed by atoms with Gasteiger partial charge in [0.25, 0.3) is 0 Å². The summed E-state index contributed by atoms with van der Waals surface area (Å²) in [7, 11) is 0. The standard InChI is InChI=1S/C6H8FNS/c7-6-1-2-9-4-5(6)3-8/h5-6H,1-2,4H2/t5-,6+/m0/s1. The van der Waals surface area contributed by atoms with Crippen molar-refractivity contribution in [2.75, 3.05) is 11.5 Å². The van der Waals surface area contributed by atoms with Crippen LogP contribution in [0, 0.1) is 17.2 Å². The summed E-state index contributed by atoms with van der Waals surface area (Å²) >= 11 is 1.67. The van der Waals surface area contributed by atoms with Gasteiger partial charge in [0.05, 0.1) is 12.0 Å². The smallest absolute Gasteiger partial charge is 0.117 e. The van der Waals surface area contributed by atoms with Crippen molar-refractivity contribution in [3.63, 3.8) is 0 Å². The van der Waals surface area contributed by atoms with E-state index in [0.29, 0.717) is 12.2 Å². The molecular weight excluding hydrogens is 137 g/mol. The van der Waals surface area contributed by atoms with Gasteiger partial charge in [-0.1, -0.05) is 0 Å². The molecule has 3 heteroatoms. The second-order valence-electron chi connectivity index (χ2n) is 2.12. The van der Waals surface area contributed by atoms with Crippen LogP contribution in [-0.2, 0) is 0 Å². The SMILES string of the molecule is N#C[C@H]1CSCC[C@H]1F. The zero-order valence-corrected chi connectivity index (χ0v) is 5.83. The van der Waals surface area contributed by atoms with Gasteiger partial charge >= 0.3 is 0 Å². The normalized spacial score (nSPS) is 35.6. The predicted molar refractivity (Wildman–Crippen MR) is 35.9 cm³/mol. The van der Waals surface area contributed by atoms with Gasteiger partial charge in [-0.05, 0) is 12.2 Å². The number of hydrogen-bond acceptors (Lipinski definition) is 2. The number of thioether (sulfide) groups is 1. The van der Waals surface area contributed by atoms with Crippen molar-refractivity contribution in [1.82, 2.24) is 0 Å². The highest BCUT2D eigenvalue weighted by Gasteiger charge is 2.24. The van der Waals surface area contributed by atoms with Gasteiger partial charge in [-0.3, -0.25) is 0 Å². The monoisotopic (exact) mass is 145 g/mol. The molecule has 50 valence electrons. The molecule has 0 radical (unpaired) electrons. The predicted octanol–water partition coefficient (Wildman–Crippen LogP) is 1.60. The fourth-order valence-corrected chi connectivity index (χ4v) is 1.93. The number of nitrogens with zero attached hydrogens (tertiary/aromatic N) is 1. The molecule has 0 bridgehead atoms. The van der Waals surface area contributed by atoms with Crippen LogP contribution in [0.15, 0.2) is 0 Å². The summed E-state index contributed by atoms with van der Waals surface area (Å²) < 4.78 is 12.6. The van der Waals surface area contributed by atoms with E-state index in [4.69, 9.17) is 5.26 Å². The summed E-state index contributed by atoms with van der Waals surface area (Å²) in [5.41, 5.74) is 0. The minimum Gasteiger partial charge on any atom is -0.246 e. The van der Waals surface area contributed by atoms with Gasteiger partial charge in [-0.2, -0.15) is 17.0 Å². The number of halogens is 1. The molecule has 1 rings (SSSR count). The first-order chi connectivity index (χ1) is 4.34. The van der Waals surface area contributed by atoms with Crippen LogP contribution in [0.2, 0.25) is 0 Å². The van der Waals surface area contributed by atoms with E-state index < -0.39 is 6.17 Å². The van der Waals surface area contributed by atoms with Crippen LogP contribution in [0.5, 0.6) is 0 Å². The van der Waals surface area contributed by atoms with Gasteiger partial charge in [0.2, 0.25) is 0 Å². The van der Waals surface area contributed by atoms with Crippen LogP contribution in [0.1, 0.15) is 6.42 Å². The van der Waals surface area contributed by atoms with E-state index in [2.05, 4.69) is 0 Å². The minimum absolute atomic E-state index is 0.344. The zero-order valence-electron chi connectivity index (χ0n) is 5.01. The Morgan fingerprint density at radius 2 is 2.44 bits per heavy atom. The summed E-state index contributed by atoms with van der Waals surface area (Å²) in [5.74, 6) is 1.21. The Hall–Kier alpha value is -0.230. The number of nitriles is 1. The first-order valence-electron chi connectivity index (χ1n) is 2.96. The molecule has 1 saturated heterocycles. The van der Waals surface area contributed by atoms with E-state index in [1.165, 1.54) is 0 Å². The molecule has 0 spiro atoms. The fraction of sp³-hybridized carbons (Fsp3) is 0.833. The van der Waals surface area contributed by atoms with E-state index in [1.54, 1.807) is 11.8 Å². The van der Waals surface area contributed by atoms with Crippen molar-refractivity contribution < 1.29 is 4.39 Å². The number of rotatable bonds is 0. The van der Waals surface area contributed by atoms with Gasteiger partial charge in [-0.25, -0.2) is 4.39 Å². The summed E-state index contributed by atoms with van der Waals surface area (Å²) in [6.45, 7) is 0. The van der Waals surface area contributed by atoms with E-state index >= 15 is 0 Å². The van der Waals surface area contributed by atoms with Gasteiger partial charge in [-0.15, -0.1) is 0 Å². The Labute approximate surface area is 58.2 Å². The third-order valence-corrected chi connectivity index (χ3v) is 2.56. The molecule has 1 fully saturated rings. The first kappa shape index (κ1) is 6.88.